The molecule has 11 nitrogen and oxygen atoms in total. The molecule has 3 aromatic heterocycles. The number of anilines is 3. The SMILES string of the molecule is C=CC(O)Nc1ccc(C(=O)N2CC=C(c3cc4nc(-c5cnc(N)nc5)nc(N5CCOCC5)c4s3)CC2)cc1. The number of hydrogen-bond donors (Lipinski definition) is 3. The van der Waals surface area contributed by atoms with Gasteiger partial charge in [-0.15, -0.1) is 11.3 Å². The lowest BCUT2D eigenvalue weighted by molar-refractivity contribution is 0.0773. The highest BCUT2D eigenvalue weighted by atomic mass is 32.1. The van der Waals surface area contributed by atoms with Crippen molar-refractivity contribution in [3.8, 4) is 11.4 Å². The molecule has 1 saturated heterocycles. The van der Waals surface area contributed by atoms with Crippen molar-refractivity contribution < 1.29 is 14.6 Å². The molecular formula is C29H30N8O3S. The van der Waals surface area contributed by atoms with E-state index in [-0.39, 0.29) is 11.9 Å². The second kappa shape index (κ2) is 11.6. The highest BCUT2D eigenvalue weighted by Crippen LogP contribution is 2.38. The van der Waals surface area contributed by atoms with E-state index in [1.807, 2.05) is 4.90 Å². The van der Waals surface area contributed by atoms with Gasteiger partial charge in [-0.3, -0.25) is 4.79 Å². The molecule has 41 heavy (non-hydrogen) atoms. The molecule has 4 aromatic rings. The molecule has 5 heterocycles. The zero-order chi connectivity index (χ0) is 28.3. The number of hydrogen-bond acceptors (Lipinski definition) is 11. The second-order valence-electron chi connectivity index (χ2n) is 9.76. The fraction of sp³-hybridized carbons (Fsp3) is 0.276. The maximum atomic E-state index is 13.1. The summed E-state index contributed by atoms with van der Waals surface area (Å²) in [4.78, 5) is 36.4. The number of ether oxygens (including phenoxy) is 1. The average Bonchev–Trinajstić information content (AvgIpc) is 3.46. The number of rotatable bonds is 7. The van der Waals surface area contributed by atoms with Gasteiger partial charge in [-0.1, -0.05) is 12.7 Å². The van der Waals surface area contributed by atoms with E-state index < -0.39 is 6.23 Å². The molecule has 1 unspecified atom stereocenters. The number of nitrogens with zero attached hydrogens (tertiary/aromatic N) is 6. The van der Waals surface area contributed by atoms with Crippen molar-refractivity contribution >= 4 is 50.5 Å². The molecule has 1 aromatic carbocycles. The van der Waals surface area contributed by atoms with Crippen molar-refractivity contribution in [2.24, 2.45) is 0 Å². The van der Waals surface area contributed by atoms with E-state index >= 15 is 0 Å². The lowest BCUT2D eigenvalue weighted by atomic mass is 10.1. The van der Waals surface area contributed by atoms with Crippen LogP contribution in [-0.4, -0.2) is 81.5 Å². The molecule has 1 atom stereocenters. The van der Waals surface area contributed by atoms with Crippen molar-refractivity contribution in [2.45, 2.75) is 12.6 Å². The van der Waals surface area contributed by atoms with Crippen LogP contribution in [0.3, 0.4) is 0 Å². The van der Waals surface area contributed by atoms with E-state index in [1.165, 1.54) is 11.6 Å². The Kier molecular flexibility index (Phi) is 7.59. The first-order valence-electron chi connectivity index (χ1n) is 13.4. The number of nitrogens with one attached hydrogen (secondary N) is 1. The van der Waals surface area contributed by atoms with Crippen molar-refractivity contribution in [2.75, 3.05) is 55.3 Å². The summed E-state index contributed by atoms with van der Waals surface area (Å²) in [6.45, 7) is 7.49. The number of carbonyl (C=O) groups is 1. The van der Waals surface area contributed by atoms with Crippen LogP contribution >= 0.6 is 11.3 Å². The van der Waals surface area contributed by atoms with Gasteiger partial charge < -0.3 is 30.7 Å². The van der Waals surface area contributed by atoms with Crippen molar-refractivity contribution in [1.82, 2.24) is 24.8 Å². The lowest BCUT2D eigenvalue weighted by Crippen LogP contribution is -2.36. The molecule has 2 aliphatic rings. The molecule has 12 heteroatoms. The minimum Gasteiger partial charge on any atom is -0.378 e. The number of amides is 1. The largest absolute Gasteiger partial charge is 0.378 e. The van der Waals surface area contributed by atoms with Crippen LogP contribution < -0.4 is 16.0 Å². The number of carbonyl (C=O) groups excluding carboxylic acids is 1. The van der Waals surface area contributed by atoms with Gasteiger partial charge in [0.15, 0.2) is 11.6 Å². The Morgan fingerprint density at radius 3 is 2.59 bits per heavy atom. The maximum Gasteiger partial charge on any atom is 0.254 e. The van der Waals surface area contributed by atoms with E-state index in [9.17, 15) is 9.90 Å². The summed E-state index contributed by atoms with van der Waals surface area (Å²) in [5.41, 5.74) is 9.77. The number of thiophene rings is 1. The third kappa shape index (κ3) is 5.75. The van der Waals surface area contributed by atoms with Crippen LogP contribution in [0, 0.1) is 0 Å². The Morgan fingerprint density at radius 2 is 1.90 bits per heavy atom. The van der Waals surface area contributed by atoms with Crippen LogP contribution in [0.1, 0.15) is 21.7 Å². The molecule has 4 N–H and O–H groups in total. The maximum absolute atomic E-state index is 13.1. The van der Waals surface area contributed by atoms with Crippen LogP contribution in [0.2, 0.25) is 0 Å². The molecule has 0 radical (unpaired) electrons. The smallest absolute Gasteiger partial charge is 0.254 e. The highest BCUT2D eigenvalue weighted by molar-refractivity contribution is 7.20. The van der Waals surface area contributed by atoms with Crippen LogP contribution in [0.25, 0.3) is 27.2 Å². The number of nitrogens with two attached hydrogens (primary N) is 1. The van der Waals surface area contributed by atoms with Gasteiger partial charge in [-0.25, -0.2) is 19.9 Å². The fourth-order valence-electron chi connectivity index (χ4n) is 4.84. The van der Waals surface area contributed by atoms with E-state index in [0.29, 0.717) is 48.9 Å². The molecule has 0 spiro atoms. The topological polar surface area (TPSA) is 143 Å². The van der Waals surface area contributed by atoms with Crippen molar-refractivity contribution in [3.05, 3.63) is 71.9 Å². The van der Waals surface area contributed by atoms with E-state index in [2.05, 4.69) is 38.9 Å². The third-order valence-electron chi connectivity index (χ3n) is 7.08. The number of morpholine rings is 1. The second-order valence-corrected chi connectivity index (χ2v) is 10.8. The Hall–Kier alpha value is -4.39. The summed E-state index contributed by atoms with van der Waals surface area (Å²) < 4.78 is 6.60. The first kappa shape index (κ1) is 26.8. The summed E-state index contributed by atoms with van der Waals surface area (Å²) in [5.74, 6) is 1.62. The first-order valence-corrected chi connectivity index (χ1v) is 14.2. The van der Waals surface area contributed by atoms with Gasteiger partial charge in [0.1, 0.15) is 6.23 Å². The first-order chi connectivity index (χ1) is 20.0. The summed E-state index contributed by atoms with van der Waals surface area (Å²) in [6, 6.07) is 9.20. The van der Waals surface area contributed by atoms with Gasteiger partial charge in [0, 0.05) is 54.7 Å². The summed E-state index contributed by atoms with van der Waals surface area (Å²) in [6.07, 6.45) is 6.71. The standard InChI is InChI=1S/C29H30N8O3S/c1-2-24(38)33-21-5-3-19(4-6-21)28(39)37-9-7-18(8-10-37)23-15-22-25(41-23)27(36-11-13-40-14-12-36)35-26(34-22)20-16-31-29(30)32-17-20/h2-7,15-17,24,33,38H,1,8-14H2,(H2,30,31,32). The number of nitrogen functional groups attached to an aromatic ring is 1. The molecule has 210 valence electrons. The van der Waals surface area contributed by atoms with E-state index in [0.717, 1.165) is 40.4 Å². The molecule has 6 rings (SSSR count). The van der Waals surface area contributed by atoms with Crippen molar-refractivity contribution in [3.63, 3.8) is 0 Å². The molecule has 0 aliphatic carbocycles. The molecule has 0 saturated carbocycles. The summed E-state index contributed by atoms with van der Waals surface area (Å²) >= 11 is 1.68. The molecular weight excluding hydrogens is 540 g/mol. The highest BCUT2D eigenvalue weighted by Gasteiger charge is 2.24. The van der Waals surface area contributed by atoms with Crippen LogP contribution in [-0.2, 0) is 4.74 Å². The summed E-state index contributed by atoms with van der Waals surface area (Å²) in [5, 5.41) is 12.6. The monoisotopic (exact) mass is 570 g/mol. The zero-order valence-corrected chi connectivity index (χ0v) is 23.2. The third-order valence-corrected chi connectivity index (χ3v) is 8.27. The normalized spacial score (nSPS) is 16.4. The van der Waals surface area contributed by atoms with Crippen molar-refractivity contribution in [1.29, 1.82) is 0 Å². The Bertz CT molecular complexity index is 1600. The Labute approximate surface area is 241 Å². The number of benzene rings is 1. The zero-order valence-electron chi connectivity index (χ0n) is 22.4. The number of aromatic nitrogens is 4. The minimum absolute atomic E-state index is 0.0247. The predicted octanol–water partition coefficient (Wildman–Crippen LogP) is 3.41. The number of aliphatic hydroxyl groups is 1. The van der Waals surface area contributed by atoms with Gasteiger partial charge in [-0.05, 0) is 48.4 Å². The molecule has 0 bridgehead atoms. The van der Waals surface area contributed by atoms with Gasteiger partial charge in [0.2, 0.25) is 5.95 Å². The quantitative estimate of drug-likeness (QED) is 0.223. The van der Waals surface area contributed by atoms with Crippen LogP contribution in [0.5, 0.6) is 0 Å². The Balaban J connectivity index is 1.24. The number of aliphatic hydroxyl groups excluding tert-OH is 1. The van der Waals surface area contributed by atoms with Gasteiger partial charge in [0.25, 0.3) is 5.91 Å². The predicted molar refractivity (Wildman–Crippen MR) is 161 cm³/mol. The van der Waals surface area contributed by atoms with E-state index in [4.69, 9.17) is 20.4 Å². The lowest BCUT2D eigenvalue weighted by Gasteiger charge is -2.28. The molecule has 1 fully saturated rings. The number of fused-ring (bicyclic) bond motifs is 1. The van der Waals surface area contributed by atoms with Crippen LogP contribution in [0.15, 0.2) is 61.5 Å². The molecule has 1 amide bonds. The van der Waals surface area contributed by atoms with Crippen LogP contribution in [0.4, 0.5) is 17.5 Å². The van der Waals surface area contributed by atoms with Gasteiger partial charge in [0.05, 0.1) is 29.0 Å². The van der Waals surface area contributed by atoms with E-state index in [1.54, 1.807) is 48.0 Å². The Morgan fingerprint density at radius 1 is 1.15 bits per heavy atom. The molecule has 2 aliphatic heterocycles. The van der Waals surface area contributed by atoms with Gasteiger partial charge >= 0.3 is 0 Å². The van der Waals surface area contributed by atoms with Gasteiger partial charge in [-0.2, -0.15) is 0 Å². The summed E-state index contributed by atoms with van der Waals surface area (Å²) in [7, 11) is 0. The fourth-order valence-corrected chi connectivity index (χ4v) is 6.03. The minimum atomic E-state index is -0.842. The average molecular weight is 571 g/mol.